The van der Waals surface area contributed by atoms with Gasteiger partial charge in [-0.1, -0.05) is 0 Å². The Labute approximate surface area is 124 Å². The highest BCUT2D eigenvalue weighted by atomic mass is 16.4. The van der Waals surface area contributed by atoms with E-state index < -0.39 is 5.97 Å². The molecule has 6 nitrogen and oxygen atoms in total. The summed E-state index contributed by atoms with van der Waals surface area (Å²) in [5.41, 5.74) is 0.326. The fourth-order valence-electron chi connectivity index (χ4n) is 2.76. The summed E-state index contributed by atoms with van der Waals surface area (Å²) >= 11 is 0. The third kappa shape index (κ3) is 3.85. The average Bonchev–Trinajstić information content (AvgIpc) is 2.94. The first kappa shape index (κ1) is 15.6. The number of carbonyl (C=O) groups is 2. The van der Waals surface area contributed by atoms with E-state index in [1.807, 2.05) is 34.7 Å². The second-order valence-electron chi connectivity index (χ2n) is 5.77. The van der Waals surface area contributed by atoms with Crippen LogP contribution in [0.3, 0.4) is 0 Å². The Morgan fingerprint density at radius 3 is 2.57 bits per heavy atom. The topological polar surface area (TPSA) is 65.8 Å². The maximum Gasteiger partial charge on any atom is 0.352 e. The number of carbonyl (C=O) groups excluding carboxylic acids is 1. The highest BCUT2D eigenvalue weighted by Gasteiger charge is 2.25. The fourth-order valence-corrected chi connectivity index (χ4v) is 2.76. The minimum absolute atomic E-state index is 0.170. The van der Waals surface area contributed by atoms with Gasteiger partial charge in [0.15, 0.2) is 0 Å². The van der Waals surface area contributed by atoms with Crippen molar-refractivity contribution in [3.63, 3.8) is 0 Å². The number of likely N-dealkylation sites (tertiary alicyclic amines) is 1. The maximum absolute atomic E-state index is 12.1. The van der Waals surface area contributed by atoms with Crippen molar-refractivity contribution in [3.05, 3.63) is 24.0 Å². The van der Waals surface area contributed by atoms with Gasteiger partial charge in [0.25, 0.3) is 0 Å². The number of aromatic nitrogens is 1. The van der Waals surface area contributed by atoms with Gasteiger partial charge in [-0.25, -0.2) is 4.79 Å². The van der Waals surface area contributed by atoms with Crippen molar-refractivity contribution >= 4 is 11.9 Å². The zero-order valence-corrected chi connectivity index (χ0v) is 12.7. The summed E-state index contributed by atoms with van der Waals surface area (Å²) in [6.45, 7) is 2.17. The van der Waals surface area contributed by atoms with Gasteiger partial charge in [0.1, 0.15) is 5.69 Å². The van der Waals surface area contributed by atoms with E-state index in [1.54, 1.807) is 12.1 Å². The van der Waals surface area contributed by atoms with E-state index in [1.165, 1.54) is 0 Å². The van der Waals surface area contributed by atoms with Crippen molar-refractivity contribution in [3.8, 4) is 0 Å². The number of rotatable bonds is 5. The molecule has 1 N–H and O–H groups in total. The molecule has 0 unspecified atom stereocenters. The molecule has 1 aliphatic heterocycles. The van der Waals surface area contributed by atoms with Crippen LogP contribution >= 0.6 is 0 Å². The molecule has 1 aliphatic rings. The van der Waals surface area contributed by atoms with Crippen molar-refractivity contribution < 1.29 is 14.7 Å². The molecule has 1 amide bonds. The molecule has 2 rings (SSSR count). The number of nitrogens with zero attached hydrogens (tertiary/aromatic N) is 3. The van der Waals surface area contributed by atoms with Crippen LogP contribution in [-0.4, -0.2) is 65.1 Å². The van der Waals surface area contributed by atoms with Crippen LogP contribution in [0.25, 0.3) is 0 Å². The van der Waals surface area contributed by atoms with Crippen LogP contribution in [0.4, 0.5) is 0 Å². The molecule has 6 heteroatoms. The summed E-state index contributed by atoms with van der Waals surface area (Å²) in [6, 6.07) is 3.55. The molecule has 0 radical (unpaired) electrons. The number of piperidine rings is 1. The molecule has 0 aliphatic carbocycles. The summed E-state index contributed by atoms with van der Waals surface area (Å²) in [6.07, 6.45) is 3.98. The van der Waals surface area contributed by atoms with Gasteiger partial charge in [0.05, 0.1) is 0 Å². The fraction of sp³-hybridized carbons (Fsp3) is 0.600. The molecule has 1 saturated heterocycles. The summed E-state index contributed by atoms with van der Waals surface area (Å²) < 4.78 is 1.82. The second-order valence-corrected chi connectivity index (χ2v) is 5.77. The minimum atomic E-state index is -0.899. The Kier molecular flexibility index (Phi) is 5.01. The van der Waals surface area contributed by atoms with Crippen molar-refractivity contribution in [1.29, 1.82) is 0 Å². The first-order valence-corrected chi connectivity index (χ1v) is 7.31. The molecule has 0 spiro atoms. The van der Waals surface area contributed by atoms with E-state index >= 15 is 0 Å². The van der Waals surface area contributed by atoms with E-state index in [-0.39, 0.29) is 11.9 Å². The Morgan fingerprint density at radius 2 is 2.00 bits per heavy atom. The number of carboxylic acids is 1. The lowest BCUT2D eigenvalue weighted by Gasteiger charge is -2.33. The van der Waals surface area contributed by atoms with Gasteiger partial charge in [-0.3, -0.25) is 4.79 Å². The van der Waals surface area contributed by atoms with Gasteiger partial charge >= 0.3 is 5.97 Å². The lowest BCUT2D eigenvalue weighted by atomic mass is 10.0. The molecule has 116 valence electrons. The zero-order valence-electron chi connectivity index (χ0n) is 12.7. The lowest BCUT2D eigenvalue weighted by molar-refractivity contribution is -0.132. The normalized spacial score (nSPS) is 16.4. The average molecular weight is 293 g/mol. The van der Waals surface area contributed by atoms with Crippen molar-refractivity contribution in [2.45, 2.75) is 25.3 Å². The van der Waals surface area contributed by atoms with Gasteiger partial charge < -0.3 is 19.5 Å². The molecule has 0 atom stereocenters. The highest BCUT2D eigenvalue weighted by molar-refractivity contribution is 5.85. The van der Waals surface area contributed by atoms with E-state index in [9.17, 15) is 9.59 Å². The Bertz CT molecular complexity index is 502. The van der Waals surface area contributed by atoms with Crippen LogP contribution in [0.15, 0.2) is 18.3 Å². The Balaban J connectivity index is 1.90. The number of hydrogen-bond acceptors (Lipinski definition) is 3. The standard InChI is InChI=1S/C15H23N3O3/c1-16(2)9-7-14(19)17-10-5-12(6-11-17)18-8-3-4-13(18)15(20)21/h3-4,8,12H,5-7,9-11H2,1-2H3,(H,20,21). The first-order valence-electron chi connectivity index (χ1n) is 7.31. The second kappa shape index (κ2) is 6.76. The van der Waals surface area contributed by atoms with E-state index in [0.717, 1.165) is 19.4 Å². The third-order valence-electron chi connectivity index (χ3n) is 3.98. The summed E-state index contributed by atoms with van der Waals surface area (Å²) in [4.78, 5) is 27.1. The molecule has 0 saturated carbocycles. The first-order chi connectivity index (χ1) is 9.99. The molecule has 1 aromatic heterocycles. The Hall–Kier alpha value is -1.82. The molecule has 2 heterocycles. The van der Waals surface area contributed by atoms with Gasteiger partial charge in [0, 0.05) is 38.3 Å². The van der Waals surface area contributed by atoms with E-state index in [4.69, 9.17) is 5.11 Å². The van der Waals surface area contributed by atoms with E-state index in [0.29, 0.717) is 25.2 Å². The van der Waals surface area contributed by atoms with Crippen LogP contribution in [0.5, 0.6) is 0 Å². The maximum atomic E-state index is 12.1. The van der Waals surface area contributed by atoms with Gasteiger partial charge in [-0.05, 0) is 39.1 Å². The molecular weight excluding hydrogens is 270 g/mol. The number of amides is 1. The lowest BCUT2D eigenvalue weighted by Crippen LogP contribution is -2.40. The van der Waals surface area contributed by atoms with Crippen LogP contribution in [0.2, 0.25) is 0 Å². The minimum Gasteiger partial charge on any atom is -0.477 e. The predicted octanol–water partition coefficient (Wildman–Crippen LogP) is 1.30. The quantitative estimate of drug-likeness (QED) is 0.888. The van der Waals surface area contributed by atoms with Crippen LogP contribution < -0.4 is 0 Å². The zero-order chi connectivity index (χ0) is 15.4. The number of carboxylic acid groups (broad SMARTS) is 1. The molecule has 0 bridgehead atoms. The van der Waals surface area contributed by atoms with E-state index in [2.05, 4.69) is 0 Å². The van der Waals surface area contributed by atoms with Crippen LogP contribution in [0, 0.1) is 0 Å². The summed E-state index contributed by atoms with van der Waals surface area (Å²) in [5, 5.41) is 9.16. The number of aromatic carboxylic acids is 1. The molecular formula is C15H23N3O3. The van der Waals surface area contributed by atoms with Gasteiger partial charge in [-0.2, -0.15) is 0 Å². The molecule has 0 aromatic carbocycles. The van der Waals surface area contributed by atoms with Crippen molar-refractivity contribution in [2.75, 3.05) is 33.7 Å². The summed E-state index contributed by atoms with van der Waals surface area (Å²) in [5.74, 6) is -0.711. The summed E-state index contributed by atoms with van der Waals surface area (Å²) in [7, 11) is 3.91. The van der Waals surface area contributed by atoms with Gasteiger partial charge in [-0.15, -0.1) is 0 Å². The SMILES string of the molecule is CN(C)CCC(=O)N1CCC(n2cccc2C(=O)O)CC1. The highest BCUT2D eigenvalue weighted by Crippen LogP contribution is 2.24. The molecule has 1 aromatic rings. The van der Waals surface area contributed by atoms with Crippen LogP contribution in [-0.2, 0) is 4.79 Å². The monoisotopic (exact) mass is 293 g/mol. The van der Waals surface area contributed by atoms with Crippen molar-refractivity contribution in [2.24, 2.45) is 0 Å². The molecule has 1 fully saturated rings. The van der Waals surface area contributed by atoms with Crippen molar-refractivity contribution in [1.82, 2.24) is 14.4 Å². The van der Waals surface area contributed by atoms with Gasteiger partial charge in [0.2, 0.25) is 5.91 Å². The van der Waals surface area contributed by atoms with Crippen LogP contribution in [0.1, 0.15) is 35.8 Å². The largest absolute Gasteiger partial charge is 0.477 e. The Morgan fingerprint density at radius 1 is 1.33 bits per heavy atom. The molecule has 21 heavy (non-hydrogen) atoms. The third-order valence-corrected chi connectivity index (χ3v) is 3.98. The smallest absolute Gasteiger partial charge is 0.352 e. The predicted molar refractivity (Wildman–Crippen MR) is 79.4 cm³/mol. The number of hydrogen-bond donors (Lipinski definition) is 1.